The number of rotatable bonds is 7. The average Bonchev–Trinajstić information content (AvgIpc) is 2.95. The van der Waals surface area contributed by atoms with Crippen LogP contribution in [0, 0.1) is 0 Å². The van der Waals surface area contributed by atoms with Crippen LogP contribution in [0.1, 0.15) is 38.0 Å². The van der Waals surface area contributed by atoms with E-state index in [9.17, 15) is 5.11 Å². The van der Waals surface area contributed by atoms with Crippen LogP contribution < -0.4 is 4.74 Å². The smallest absolute Gasteiger partial charge is 0.134 e. The van der Waals surface area contributed by atoms with E-state index < -0.39 is 6.10 Å². The summed E-state index contributed by atoms with van der Waals surface area (Å²) in [5, 5.41) is 11.3. The molecular formula is C19H28ClNO3. The molecule has 1 atom stereocenters. The molecule has 1 aromatic heterocycles. The number of benzene rings is 1. The predicted octanol–water partition coefficient (Wildman–Crippen LogP) is 3.81. The van der Waals surface area contributed by atoms with E-state index in [1.165, 1.54) is 23.8 Å². The van der Waals surface area contributed by atoms with Crippen LogP contribution in [0.3, 0.4) is 0 Å². The van der Waals surface area contributed by atoms with Crippen molar-refractivity contribution in [1.82, 2.24) is 4.90 Å². The van der Waals surface area contributed by atoms with Gasteiger partial charge in [0.05, 0.1) is 0 Å². The first-order chi connectivity index (χ1) is 11.2. The quantitative estimate of drug-likeness (QED) is 0.822. The van der Waals surface area contributed by atoms with Crippen LogP contribution in [0.15, 0.2) is 22.6 Å². The summed E-state index contributed by atoms with van der Waals surface area (Å²) in [4.78, 5) is 2.20. The molecule has 4 nitrogen and oxygen atoms in total. The van der Waals surface area contributed by atoms with Crippen LogP contribution in [0.5, 0.6) is 5.75 Å². The SMILES string of the molecule is CCN(CC)CC(O)COc1ccc2oc3c(c2c1)CCCC3.Cl. The zero-order valence-corrected chi connectivity index (χ0v) is 15.4. The largest absolute Gasteiger partial charge is 0.491 e. The number of aliphatic hydroxyl groups is 1. The number of aryl methyl sites for hydroxylation is 2. The maximum Gasteiger partial charge on any atom is 0.134 e. The van der Waals surface area contributed by atoms with Crippen molar-refractivity contribution in [3.05, 3.63) is 29.5 Å². The molecule has 1 aromatic carbocycles. The van der Waals surface area contributed by atoms with Crippen LogP contribution in [-0.4, -0.2) is 42.4 Å². The van der Waals surface area contributed by atoms with E-state index in [1.807, 2.05) is 12.1 Å². The number of furan rings is 1. The van der Waals surface area contributed by atoms with Crippen molar-refractivity contribution in [3.8, 4) is 5.75 Å². The Hall–Kier alpha value is -1.23. The fourth-order valence-corrected chi connectivity index (χ4v) is 3.36. The summed E-state index contributed by atoms with van der Waals surface area (Å²) in [6, 6.07) is 5.98. The number of nitrogens with zero attached hydrogens (tertiary/aromatic N) is 1. The molecule has 2 aromatic rings. The fraction of sp³-hybridized carbons (Fsp3) is 0.579. The van der Waals surface area contributed by atoms with Crippen LogP contribution in [-0.2, 0) is 12.8 Å². The van der Waals surface area contributed by atoms with E-state index in [2.05, 4.69) is 24.8 Å². The number of ether oxygens (including phenoxy) is 1. The third kappa shape index (κ3) is 4.24. The van der Waals surface area contributed by atoms with Gasteiger partial charge in [0.25, 0.3) is 0 Å². The number of aliphatic hydroxyl groups excluding tert-OH is 1. The van der Waals surface area contributed by atoms with E-state index in [-0.39, 0.29) is 12.4 Å². The molecule has 0 saturated carbocycles. The molecule has 1 aliphatic carbocycles. The third-order valence-electron chi connectivity index (χ3n) is 4.73. The first-order valence-electron chi connectivity index (χ1n) is 8.78. The number of hydrogen-bond acceptors (Lipinski definition) is 4. The minimum absolute atomic E-state index is 0. The van der Waals surface area contributed by atoms with E-state index >= 15 is 0 Å². The molecule has 1 N–H and O–H groups in total. The standard InChI is InChI=1S/C19H27NO3.ClH/c1-3-20(4-2)12-14(21)13-22-15-9-10-19-17(11-15)16-7-5-6-8-18(16)23-19;/h9-11,14,21H,3-8,12-13H2,1-2H3;1H. The molecule has 0 aliphatic heterocycles. The van der Waals surface area contributed by atoms with Gasteiger partial charge >= 0.3 is 0 Å². The van der Waals surface area contributed by atoms with Crippen LogP contribution in [0.25, 0.3) is 11.0 Å². The summed E-state index contributed by atoms with van der Waals surface area (Å²) < 4.78 is 11.7. The van der Waals surface area contributed by atoms with Crippen molar-refractivity contribution in [1.29, 1.82) is 0 Å². The van der Waals surface area contributed by atoms with E-state index in [0.29, 0.717) is 13.2 Å². The Morgan fingerprint density at radius 2 is 1.96 bits per heavy atom. The van der Waals surface area contributed by atoms with Crippen LogP contribution >= 0.6 is 12.4 Å². The summed E-state index contributed by atoms with van der Waals surface area (Å²) in [6.07, 6.45) is 4.12. The van der Waals surface area contributed by atoms with E-state index in [1.54, 1.807) is 0 Å². The fourth-order valence-electron chi connectivity index (χ4n) is 3.36. The van der Waals surface area contributed by atoms with Gasteiger partial charge in [-0.25, -0.2) is 0 Å². The van der Waals surface area contributed by atoms with Crippen molar-refractivity contribution in [2.45, 2.75) is 45.6 Å². The number of likely N-dealkylation sites (N-methyl/N-ethyl adjacent to an activating group) is 1. The molecule has 24 heavy (non-hydrogen) atoms. The van der Waals surface area contributed by atoms with Crippen molar-refractivity contribution >= 4 is 23.4 Å². The second-order valence-electron chi connectivity index (χ2n) is 6.32. The molecule has 5 heteroatoms. The minimum atomic E-state index is -0.469. The topological polar surface area (TPSA) is 45.8 Å². The summed E-state index contributed by atoms with van der Waals surface area (Å²) in [5.41, 5.74) is 2.30. The van der Waals surface area contributed by atoms with E-state index in [4.69, 9.17) is 9.15 Å². The summed E-state index contributed by atoms with van der Waals surface area (Å²) in [6.45, 7) is 7.07. The van der Waals surface area contributed by atoms with Crippen LogP contribution in [0.4, 0.5) is 0 Å². The van der Waals surface area contributed by atoms with Gasteiger partial charge in [-0.2, -0.15) is 0 Å². The Morgan fingerprint density at radius 3 is 2.71 bits per heavy atom. The molecular weight excluding hydrogens is 326 g/mol. The Balaban J connectivity index is 0.00000208. The molecule has 3 rings (SSSR count). The highest BCUT2D eigenvalue weighted by molar-refractivity contribution is 5.85. The monoisotopic (exact) mass is 353 g/mol. The maximum atomic E-state index is 10.1. The van der Waals surface area contributed by atoms with E-state index in [0.717, 1.165) is 43.0 Å². The van der Waals surface area contributed by atoms with Gasteiger partial charge < -0.3 is 19.2 Å². The van der Waals surface area contributed by atoms with Gasteiger partial charge in [-0.15, -0.1) is 12.4 Å². The zero-order chi connectivity index (χ0) is 16.2. The zero-order valence-electron chi connectivity index (χ0n) is 14.6. The molecule has 1 unspecified atom stereocenters. The molecule has 0 radical (unpaired) electrons. The van der Waals surface area contributed by atoms with Gasteiger partial charge in [0.1, 0.15) is 29.8 Å². The van der Waals surface area contributed by atoms with Crippen molar-refractivity contribution in [2.24, 2.45) is 0 Å². The molecule has 134 valence electrons. The van der Waals surface area contributed by atoms with Gasteiger partial charge in [0.15, 0.2) is 0 Å². The second kappa shape index (κ2) is 8.75. The first-order valence-corrected chi connectivity index (χ1v) is 8.78. The van der Waals surface area contributed by atoms with Gasteiger partial charge in [-0.05, 0) is 50.6 Å². The number of fused-ring (bicyclic) bond motifs is 3. The van der Waals surface area contributed by atoms with Gasteiger partial charge in [0.2, 0.25) is 0 Å². The first kappa shape index (κ1) is 19.1. The normalized spacial score (nSPS) is 15.2. The lowest BCUT2D eigenvalue weighted by atomic mass is 9.96. The van der Waals surface area contributed by atoms with Crippen molar-refractivity contribution < 1.29 is 14.3 Å². The lowest BCUT2D eigenvalue weighted by Gasteiger charge is -2.21. The highest BCUT2D eigenvalue weighted by Gasteiger charge is 2.18. The van der Waals surface area contributed by atoms with Crippen molar-refractivity contribution in [3.63, 3.8) is 0 Å². The molecule has 0 fully saturated rings. The number of hydrogen-bond donors (Lipinski definition) is 1. The molecule has 0 spiro atoms. The Kier molecular flexibility index (Phi) is 6.96. The van der Waals surface area contributed by atoms with Gasteiger partial charge in [-0.1, -0.05) is 13.8 Å². The molecule has 0 saturated heterocycles. The predicted molar refractivity (Wildman–Crippen MR) is 99.4 cm³/mol. The summed E-state index contributed by atoms with van der Waals surface area (Å²) in [5.74, 6) is 1.95. The minimum Gasteiger partial charge on any atom is -0.491 e. The van der Waals surface area contributed by atoms with Gasteiger partial charge in [-0.3, -0.25) is 0 Å². The Labute approximate surface area is 150 Å². The molecule has 1 aliphatic rings. The lowest BCUT2D eigenvalue weighted by molar-refractivity contribution is 0.0717. The Bertz CT molecular complexity index is 651. The maximum absolute atomic E-state index is 10.1. The number of halogens is 1. The third-order valence-corrected chi connectivity index (χ3v) is 4.73. The molecule has 0 bridgehead atoms. The molecule has 0 amide bonds. The van der Waals surface area contributed by atoms with Crippen molar-refractivity contribution in [2.75, 3.05) is 26.2 Å². The second-order valence-corrected chi connectivity index (χ2v) is 6.32. The van der Waals surface area contributed by atoms with Gasteiger partial charge in [0, 0.05) is 23.9 Å². The van der Waals surface area contributed by atoms with Crippen LogP contribution in [0.2, 0.25) is 0 Å². The average molecular weight is 354 g/mol. The highest BCUT2D eigenvalue weighted by atomic mass is 35.5. The summed E-state index contributed by atoms with van der Waals surface area (Å²) in [7, 11) is 0. The molecule has 1 heterocycles. The Morgan fingerprint density at radius 1 is 1.21 bits per heavy atom. The highest BCUT2D eigenvalue weighted by Crippen LogP contribution is 2.33. The summed E-state index contributed by atoms with van der Waals surface area (Å²) >= 11 is 0. The lowest BCUT2D eigenvalue weighted by Crippen LogP contribution is -2.35.